The predicted molar refractivity (Wildman–Crippen MR) is 79.9 cm³/mol. The van der Waals surface area contributed by atoms with E-state index in [2.05, 4.69) is 25.2 Å². The summed E-state index contributed by atoms with van der Waals surface area (Å²) in [5.74, 6) is 1.66. The van der Waals surface area contributed by atoms with Crippen LogP contribution in [0.1, 0.15) is 33.3 Å². The molecule has 0 amide bonds. The third-order valence-electron chi connectivity index (χ3n) is 2.62. The Kier molecular flexibility index (Phi) is 7.04. The Morgan fingerprint density at radius 3 is 2.68 bits per heavy atom. The van der Waals surface area contributed by atoms with Crippen molar-refractivity contribution in [1.29, 1.82) is 0 Å². The van der Waals surface area contributed by atoms with E-state index in [0.29, 0.717) is 19.3 Å². The molecule has 0 radical (unpaired) electrons. The van der Waals surface area contributed by atoms with E-state index in [-0.39, 0.29) is 0 Å². The third-order valence-corrected chi connectivity index (χ3v) is 2.62. The van der Waals surface area contributed by atoms with Crippen molar-refractivity contribution >= 4 is 0 Å². The van der Waals surface area contributed by atoms with Crippen LogP contribution in [-0.2, 0) is 6.54 Å². The summed E-state index contributed by atoms with van der Waals surface area (Å²) in [5, 5.41) is 3.41. The fraction of sp³-hybridized carbons (Fsp3) is 0.500. The summed E-state index contributed by atoms with van der Waals surface area (Å²) in [7, 11) is 0. The first-order valence-electron chi connectivity index (χ1n) is 6.91. The minimum Gasteiger partial charge on any atom is -0.490 e. The van der Waals surface area contributed by atoms with Crippen molar-refractivity contribution in [2.24, 2.45) is 0 Å². The fourth-order valence-electron chi connectivity index (χ4n) is 1.68. The number of ether oxygens (including phenoxy) is 2. The predicted octanol–water partition coefficient (Wildman–Crippen LogP) is 3.54. The van der Waals surface area contributed by atoms with Gasteiger partial charge in [-0.3, -0.25) is 0 Å². The van der Waals surface area contributed by atoms with Gasteiger partial charge in [0.1, 0.15) is 6.61 Å². The summed E-state index contributed by atoms with van der Waals surface area (Å²) in [6, 6.07) is 6.47. The number of hydrogen-bond acceptors (Lipinski definition) is 3. The molecule has 19 heavy (non-hydrogen) atoms. The molecule has 0 aliphatic heterocycles. The molecule has 0 atom stereocenters. The molecule has 0 spiro atoms. The Morgan fingerprint density at radius 1 is 1.26 bits per heavy atom. The Bertz CT molecular complexity index is 400. The topological polar surface area (TPSA) is 30.5 Å². The van der Waals surface area contributed by atoms with E-state index in [1.165, 1.54) is 0 Å². The highest BCUT2D eigenvalue weighted by molar-refractivity contribution is 5.46. The van der Waals surface area contributed by atoms with Gasteiger partial charge in [0.05, 0.1) is 6.61 Å². The van der Waals surface area contributed by atoms with Gasteiger partial charge in [0.25, 0.3) is 0 Å². The maximum Gasteiger partial charge on any atom is 0.166 e. The summed E-state index contributed by atoms with van der Waals surface area (Å²) < 4.78 is 11.5. The molecule has 0 saturated carbocycles. The van der Waals surface area contributed by atoms with Crippen molar-refractivity contribution in [3.8, 4) is 11.5 Å². The first-order chi connectivity index (χ1) is 9.19. The second-order valence-corrected chi connectivity index (χ2v) is 4.59. The molecule has 0 aromatic heterocycles. The van der Waals surface area contributed by atoms with Crippen LogP contribution in [0.2, 0.25) is 0 Å². The van der Waals surface area contributed by atoms with Crippen LogP contribution in [0.4, 0.5) is 0 Å². The zero-order chi connectivity index (χ0) is 14.1. The van der Waals surface area contributed by atoms with Crippen molar-refractivity contribution in [3.63, 3.8) is 0 Å². The Labute approximate surface area is 116 Å². The molecule has 1 N–H and O–H groups in total. The van der Waals surface area contributed by atoms with Crippen LogP contribution in [0, 0.1) is 0 Å². The lowest BCUT2D eigenvalue weighted by molar-refractivity contribution is 0.293. The molecule has 3 nitrogen and oxygen atoms in total. The van der Waals surface area contributed by atoms with Crippen molar-refractivity contribution in [2.75, 3.05) is 13.2 Å². The van der Waals surface area contributed by atoms with Gasteiger partial charge in [-0.15, -0.1) is 0 Å². The average Bonchev–Trinajstić information content (AvgIpc) is 2.39. The highest BCUT2D eigenvalue weighted by Crippen LogP contribution is 2.31. The van der Waals surface area contributed by atoms with Crippen LogP contribution >= 0.6 is 0 Å². The number of para-hydroxylation sites is 1. The average molecular weight is 263 g/mol. The molecule has 106 valence electrons. The summed E-state index contributed by atoms with van der Waals surface area (Å²) in [6.45, 7) is 10.2. The Balaban J connectivity index is 2.88. The maximum absolute atomic E-state index is 5.84. The standard InChI is InChI=1S/C16H25NO2/c1-5-7-11-19-16-14(12-17-13(3)4)9-8-10-15(16)18-6-2/h5,7-10,13,17H,6,11-12H2,1-4H3/b7-5+. The number of benzene rings is 1. The van der Waals surface area contributed by atoms with Crippen molar-refractivity contribution in [2.45, 2.75) is 40.3 Å². The van der Waals surface area contributed by atoms with E-state index in [1.807, 2.05) is 38.1 Å². The molecule has 0 unspecified atom stereocenters. The molecule has 0 aliphatic rings. The fourth-order valence-corrected chi connectivity index (χ4v) is 1.68. The van der Waals surface area contributed by atoms with Crippen LogP contribution in [0.25, 0.3) is 0 Å². The van der Waals surface area contributed by atoms with E-state index in [4.69, 9.17) is 9.47 Å². The monoisotopic (exact) mass is 263 g/mol. The van der Waals surface area contributed by atoms with Gasteiger partial charge in [-0.2, -0.15) is 0 Å². The SMILES string of the molecule is C/C=C/COc1c(CNC(C)C)cccc1OCC. The molecule has 1 rings (SSSR count). The number of allylic oxidation sites excluding steroid dienone is 1. The summed E-state index contributed by atoms with van der Waals surface area (Å²) in [5.41, 5.74) is 1.13. The van der Waals surface area contributed by atoms with Crippen LogP contribution in [0.3, 0.4) is 0 Å². The molecule has 1 aromatic carbocycles. The number of hydrogen-bond donors (Lipinski definition) is 1. The van der Waals surface area contributed by atoms with Crippen molar-refractivity contribution < 1.29 is 9.47 Å². The molecule has 1 aromatic rings. The molecule has 0 heterocycles. The summed E-state index contributed by atoms with van der Waals surface area (Å²) >= 11 is 0. The lowest BCUT2D eigenvalue weighted by atomic mass is 10.1. The molecule has 0 bridgehead atoms. The van der Waals surface area contributed by atoms with Gasteiger partial charge in [0, 0.05) is 18.2 Å². The first kappa shape index (κ1) is 15.6. The highest BCUT2D eigenvalue weighted by atomic mass is 16.5. The number of nitrogens with one attached hydrogen (secondary N) is 1. The third kappa shape index (κ3) is 5.35. The quantitative estimate of drug-likeness (QED) is 0.728. The normalized spacial score (nSPS) is 11.2. The second kappa shape index (κ2) is 8.59. The molecule has 0 fully saturated rings. The van der Waals surface area contributed by atoms with E-state index in [0.717, 1.165) is 23.6 Å². The van der Waals surface area contributed by atoms with E-state index in [9.17, 15) is 0 Å². The van der Waals surface area contributed by atoms with Gasteiger partial charge >= 0.3 is 0 Å². The molecular formula is C16H25NO2. The van der Waals surface area contributed by atoms with Crippen LogP contribution in [0.15, 0.2) is 30.4 Å². The van der Waals surface area contributed by atoms with Crippen LogP contribution in [0.5, 0.6) is 11.5 Å². The van der Waals surface area contributed by atoms with Crippen molar-refractivity contribution in [3.05, 3.63) is 35.9 Å². The van der Waals surface area contributed by atoms with Crippen LogP contribution < -0.4 is 14.8 Å². The van der Waals surface area contributed by atoms with Crippen molar-refractivity contribution in [1.82, 2.24) is 5.32 Å². The minimum absolute atomic E-state index is 0.444. The zero-order valence-corrected chi connectivity index (χ0v) is 12.4. The highest BCUT2D eigenvalue weighted by Gasteiger charge is 2.10. The minimum atomic E-state index is 0.444. The van der Waals surface area contributed by atoms with Gasteiger partial charge in [-0.1, -0.05) is 38.1 Å². The van der Waals surface area contributed by atoms with Gasteiger partial charge in [0.15, 0.2) is 11.5 Å². The Hall–Kier alpha value is -1.48. The second-order valence-electron chi connectivity index (χ2n) is 4.59. The molecule has 3 heteroatoms. The zero-order valence-electron chi connectivity index (χ0n) is 12.4. The lowest BCUT2D eigenvalue weighted by Gasteiger charge is -2.16. The maximum atomic E-state index is 5.84. The molecular weight excluding hydrogens is 238 g/mol. The van der Waals surface area contributed by atoms with Gasteiger partial charge in [-0.05, 0) is 19.9 Å². The summed E-state index contributed by atoms with van der Waals surface area (Å²) in [4.78, 5) is 0. The van der Waals surface area contributed by atoms with E-state index >= 15 is 0 Å². The Morgan fingerprint density at radius 2 is 2.05 bits per heavy atom. The van der Waals surface area contributed by atoms with Crippen LogP contribution in [-0.4, -0.2) is 19.3 Å². The van der Waals surface area contributed by atoms with Gasteiger partial charge < -0.3 is 14.8 Å². The van der Waals surface area contributed by atoms with Gasteiger partial charge in [0.2, 0.25) is 0 Å². The largest absolute Gasteiger partial charge is 0.490 e. The lowest BCUT2D eigenvalue weighted by Crippen LogP contribution is -2.22. The van der Waals surface area contributed by atoms with Gasteiger partial charge in [-0.25, -0.2) is 0 Å². The summed E-state index contributed by atoms with van der Waals surface area (Å²) in [6.07, 6.45) is 3.97. The van der Waals surface area contributed by atoms with E-state index in [1.54, 1.807) is 0 Å². The number of rotatable bonds is 8. The molecule has 0 saturated heterocycles. The first-order valence-corrected chi connectivity index (χ1v) is 6.91. The molecule has 0 aliphatic carbocycles. The smallest absolute Gasteiger partial charge is 0.166 e. The van der Waals surface area contributed by atoms with E-state index < -0.39 is 0 Å².